The number of carbonyl (C=O) groups is 1. The van der Waals surface area contributed by atoms with E-state index in [0.29, 0.717) is 18.5 Å². The highest BCUT2D eigenvalue weighted by Gasteiger charge is 2.43. The summed E-state index contributed by atoms with van der Waals surface area (Å²) in [4.78, 5) is 20.5. The number of aromatic nitrogens is 3. The van der Waals surface area contributed by atoms with Crippen LogP contribution in [0.5, 0.6) is 0 Å². The van der Waals surface area contributed by atoms with Crippen molar-refractivity contribution < 1.29 is 7.65 Å². The molecule has 0 spiro atoms. The van der Waals surface area contributed by atoms with E-state index in [2.05, 4.69) is 20.6 Å². The molecule has 2 heterocycles. The molecular formula is C19H29N5O. The van der Waals surface area contributed by atoms with E-state index in [1.165, 1.54) is 32.1 Å². The summed E-state index contributed by atoms with van der Waals surface area (Å²) < 4.78 is 1.85. The largest absolute Gasteiger partial charge is 0.335 e. The Morgan fingerprint density at radius 2 is 2.16 bits per heavy atom. The normalized spacial score (nSPS) is 23.2. The van der Waals surface area contributed by atoms with Gasteiger partial charge in [0.15, 0.2) is 0 Å². The van der Waals surface area contributed by atoms with E-state index in [1.807, 2.05) is 22.9 Å². The Labute approximate surface area is 151 Å². The third kappa shape index (κ3) is 4.00. The number of hydrogen-bond donors (Lipinski definition) is 2. The van der Waals surface area contributed by atoms with Gasteiger partial charge in [0.1, 0.15) is 12.1 Å². The summed E-state index contributed by atoms with van der Waals surface area (Å²) in [6.07, 6.45) is 15.0. The van der Waals surface area contributed by atoms with E-state index in [-0.39, 0.29) is 8.88 Å². The molecule has 6 nitrogen and oxygen atoms in total. The summed E-state index contributed by atoms with van der Waals surface area (Å²) in [6, 6.07) is 4.19. The lowest BCUT2D eigenvalue weighted by atomic mass is 9.85. The van der Waals surface area contributed by atoms with Crippen LogP contribution in [0.4, 0.5) is 4.79 Å². The minimum atomic E-state index is -0.0655. The second-order valence-corrected chi connectivity index (χ2v) is 7.22. The SMILES string of the molecule is O=C(NCc1ccnc(-n2ccnc2)c1)NC1CC1C1CCCCC1.[HH].[HH]. The second-order valence-electron chi connectivity index (χ2n) is 7.22. The predicted molar refractivity (Wildman–Crippen MR) is 99.4 cm³/mol. The van der Waals surface area contributed by atoms with Crippen molar-refractivity contribution >= 4 is 6.03 Å². The Bertz CT molecular complexity index is 719. The number of amides is 2. The van der Waals surface area contributed by atoms with Gasteiger partial charge in [-0.25, -0.2) is 14.8 Å². The first kappa shape index (κ1) is 16.1. The molecule has 2 aliphatic carbocycles. The maximum atomic E-state index is 12.2. The third-order valence-electron chi connectivity index (χ3n) is 5.44. The molecule has 2 fully saturated rings. The van der Waals surface area contributed by atoms with Crippen molar-refractivity contribution in [3.63, 3.8) is 0 Å². The van der Waals surface area contributed by atoms with E-state index < -0.39 is 0 Å². The predicted octanol–water partition coefficient (Wildman–Crippen LogP) is 3.53. The molecule has 4 rings (SSSR count). The number of imidazole rings is 1. The van der Waals surface area contributed by atoms with Crippen LogP contribution in [0.25, 0.3) is 5.82 Å². The Morgan fingerprint density at radius 1 is 1.28 bits per heavy atom. The fourth-order valence-corrected chi connectivity index (χ4v) is 3.97. The van der Waals surface area contributed by atoms with Gasteiger partial charge in [-0.15, -0.1) is 0 Å². The van der Waals surface area contributed by atoms with Crippen molar-refractivity contribution in [2.75, 3.05) is 0 Å². The van der Waals surface area contributed by atoms with Crippen molar-refractivity contribution in [1.82, 2.24) is 25.2 Å². The summed E-state index contributed by atoms with van der Waals surface area (Å²) >= 11 is 0. The van der Waals surface area contributed by atoms with E-state index in [0.717, 1.165) is 23.7 Å². The standard InChI is InChI=1S/C19H25N5O.2H2/c25-19(23-17-11-16(17)15-4-2-1-3-5-15)22-12-14-6-7-21-18(10-14)24-9-8-20-13-24;;/h6-10,13,15-17H,1-5,11-12H2,(H2,22,23,25);2*1H. The van der Waals surface area contributed by atoms with Crippen molar-refractivity contribution in [3.05, 3.63) is 42.6 Å². The monoisotopic (exact) mass is 343 g/mol. The lowest BCUT2D eigenvalue weighted by molar-refractivity contribution is 0.237. The fourth-order valence-electron chi connectivity index (χ4n) is 3.97. The molecule has 2 unspecified atom stereocenters. The minimum Gasteiger partial charge on any atom is -0.335 e. The van der Waals surface area contributed by atoms with Gasteiger partial charge >= 0.3 is 6.03 Å². The topological polar surface area (TPSA) is 71.8 Å². The molecule has 2 aromatic heterocycles. The summed E-state index contributed by atoms with van der Waals surface area (Å²) in [5.41, 5.74) is 1.02. The molecule has 2 aromatic rings. The first-order chi connectivity index (χ1) is 12.3. The summed E-state index contributed by atoms with van der Waals surface area (Å²) in [7, 11) is 0. The lowest BCUT2D eigenvalue weighted by Crippen LogP contribution is -2.37. The van der Waals surface area contributed by atoms with Crippen LogP contribution in [0.1, 0.15) is 46.9 Å². The molecule has 0 aromatic carbocycles. The van der Waals surface area contributed by atoms with Gasteiger partial charge in [0.05, 0.1) is 0 Å². The number of rotatable bonds is 5. The average molecular weight is 343 g/mol. The first-order valence-corrected chi connectivity index (χ1v) is 9.27. The molecule has 2 N–H and O–H groups in total. The summed E-state index contributed by atoms with van der Waals surface area (Å²) in [5.74, 6) is 2.34. The van der Waals surface area contributed by atoms with Crippen molar-refractivity contribution in [2.24, 2.45) is 11.8 Å². The van der Waals surface area contributed by atoms with Gasteiger partial charge in [0.25, 0.3) is 0 Å². The minimum absolute atomic E-state index is 0. The molecule has 2 atom stereocenters. The summed E-state index contributed by atoms with van der Waals surface area (Å²) in [6.45, 7) is 0.497. The van der Waals surface area contributed by atoms with Crippen molar-refractivity contribution in [3.8, 4) is 5.82 Å². The highest BCUT2D eigenvalue weighted by molar-refractivity contribution is 5.74. The second kappa shape index (κ2) is 7.25. The molecule has 0 aliphatic heterocycles. The highest BCUT2D eigenvalue weighted by atomic mass is 16.2. The fraction of sp³-hybridized carbons (Fsp3) is 0.526. The number of nitrogens with zero attached hydrogens (tertiary/aromatic N) is 3. The molecule has 25 heavy (non-hydrogen) atoms. The molecule has 2 saturated carbocycles. The summed E-state index contributed by atoms with van der Waals surface area (Å²) in [5, 5.41) is 6.10. The zero-order valence-electron chi connectivity index (χ0n) is 14.4. The Morgan fingerprint density at radius 3 is 2.96 bits per heavy atom. The highest BCUT2D eigenvalue weighted by Crippen LogP contribution is 2.44. The van der Waals surface area contributed by atoms with Crippen molar-refractivity contribution in [1.29, 1.82) is 0 Å². The number of nitrogens with one attached hydrogen (secondary N) is 2. The third-order valence-corrected chi connectivity index (χ3v) is 5.44. The maximum absolute atomic E-state index is 12.2. The van der Waals surface area contributed by atoms with Crippen LogP contribution in [0.2, 0.25) is 0 Å². The molecule has 2 aliphatic rings. The van der Waals surface area contributed by atoms with Crippen LogP contribution in [0.3, 0.4) is 0 Å². The number of carbonyl (C=O) groups excluding carboxylic acids is 1. The van der Waals surface area contributed by atoms with Gasteiger partial charge in [0.2, 0.25) is 0 Å². The molecule has 2 amide bonds. The zero-order chi connectivity index (χ0) is 17.1. The van der Waals surface area contributed by atoms with Gasteiger partial charge in [-0.1, -0.05) is 32.1 Å². The molecule has 0 saturated heterocycles. The molecule has 0 bridgehead atoms. The molecule has 136 valence electrons. The number of urea groups is 1. The van der Waals surface area contributed by atoms with E-state index in [9.17, 15) is 4.79 Å². The van der Waals surface area contributed by atoms with Crippen LogP contribution in [0.15, 0.2) is 37.1 Å². The maximum Gasteiger partial charge on any atom is 0.315 e. The quantitative estimate of drug-likeness (QED) is 0.872. The van der Waals surface area contributed by atoms with E-state index in [4.69, 9.17) is 0 Å². The Balaban J connectivity index is 0.00000131. The van der Waals surface area contributed by atoms with Gasteiger partial charge in [-0.3, -0.25) is 4.57 Å². The van der Waals surface area contributed by atoms with Crippen LogP contribution < -0.4 is 10.6 Å². The van der Waals surface area contributed by atoms with E-state index >= 15 is 0 Å². The smallest absolute Gasteiger partial charge is 0.315 e. The molecule has 6 heteroatoms. The van der Waals surface area contributed by atoms with Crippen LogP contribution in [-0.4, -0.2) is 26.6 Å². The van der Waals surface area contributed by atoms with Crippen LogP contribution in [-0.2, 0) is 6.54 Å². The van der Waals surface area contributed by atoms with Crippen LogP contribution in [0, 0.1) is 11.8 Å². The van der Waals surface area contributed by atoms with Gasteiger partial charge in [-0.05, 0) is 36.0 Å². The van der Waals surface area contributed by atoms with Crippen LogP contribution >= 0.6 is 0 Å². The first-order valence-electron chi connectivity index (χ1n) is 9.27. The Kier molecular flexibility index (Phi) is 4.68. The number of hydrogen-bond acceptors (Lipinski definition) is 3. The number of pyridine rings is 1. The average Bonchev–Trinajstić information content (AvgIpc) is 3.19. The zero-order valence-corrected chi connectivity index (χ0v) is 14.4. The van der Waals surface area contributed by atoms with E-state index in [1.54, 1.807) is 18.7 Å². The van der Waals surface area contributed by atoms with Gasteiger partial charge < -0.3 is 10.6 Å². The molecular weight excluding hydrogens is 314 g/mol. The van der Waals surface area contributed by atoms with Crippen molar-refractivity contribution in [2.45, 2.75) is 51.1 Å². The lowest BCUT2D eigenvalue weighted by Gasteiger charge is -2.21. The molecule has 0 radical (unpaired) electrons. The Hall–Kier alpha value is -2.37. The van der Waals surface area contributed by atoms with Gasteiger partial charge in [0, 0.05) is 34.0 Å². The van der Waals surface area contributed by atoms with Gasteiger partial charge in [-0.2, -0.15) is 0 Å².